The Bertz CT molecular complexity index is 1420. The lowest BCUT2D eigenvalue weighted by atomic mass is 9.82. The van der Waals surface area contributed by atoms with Gasteiger partial charge in [-0.25, -0.2) is 28.7 Å². The fraction of sp³-hybridized carbons (Fsp3) is 0.448. The van der Waals surface area contributed by atoms with E-state index in [1.807, 2.05) is 37.6 Å². The number of piperidine rings is 1. The predicted molar refractivity (Wildman–Crippen MR) is 147 cm³/mol. The van der Waals surface area contributed by atoms with E-state index in [1.54, 1.807) is 6.07 Å². The molecule has 1 aliphatic heterocycles. The molecule has 0 amide bonds. The minimum atomic E-state index is -0.632. The van der Waals surface area contributed by atoms with Gasteiger partial charge in [0.2, 0.25) is 5.95 Å². The van der Waals surface area contributed by atoms with Crippen LogP contribution in [0.15, 0.2) is 36.7 Å². The van der Waals surface area contributed by atoms with Crippen molar-refractivity contribution in [1.29, 1.82) is 0 Å². The Morgan fingerprint density at radius 2 is 1.76 bits per heavy atom. The number of aryl methyl sites for hydroxylation is 1. The summed E-state index contributed by atoms with van der Waals surface area (Å²) in [5.41, 5.74) is 2.41. The maximum absolute atomic E-state index is 15.0. The average molecular weight is 520 g/mol. The van der Waals surface area contributed by atoms with Gasteiger partial charge in [-0.15, -0.1) is 0 Å². The molecule has 0 unspecified atom stereocenters. The zero-order chi connectivity index (χ0) is 27.0. The lowest BCUT2D eigenvalue weighted by Crippen LogP contribution is -2.34. The highest BCUT2D eigenvalue weighted by Gasteiger charge is 2.24. The molecule has 200 valence electrons. The van der Waals surface area contributed by atoms with Crippen LogP contribution in [0, 0.1) is 24.5 Å². The minimum Gasteiger partial charge on any atom is -0.326 e. The topological polar surface area (TPSA) is 71.8 Å². The van der Waals surface area contributed by atoms with Crippen molar-refractivity contribution in [3.63, 3.8) is 0 Å². The molecule has 38 heavy (non-hydrogen) atoms. The van der Waals surface area contributed by atoms with Crippen molar-refractivity contribution < 1.29 is 8.78 Å². The van der Waals surface area contributed by atoms with Gasteiger partial charge in [0.25, 0.3) is 0 Å². The second-order valence-corrected chi connectivity index (χ2v) is 10.5. The highest BCUT2D eigenvalue weighted by atomic mass is 19.1. The molecule has 5 rings (SSSR count). The third-order valence-electron chi connectivity index (χ3n) is 7.80. The van der Waals surface area contributed by atoms with Crippen molar-refractivity contribution in [1.82, 2.24) is 29.4 Å². The number of imidazole rings is 1. The number of fused-ring (bicyclic) bond motifs is 1. The van der Waals surface area contributed by atoms with Crippen LogP contribution in [0.1, 0.15) is 63.9 Å². The number of hydrogen-bond donors (Lipinski definition) is 1. The van der Waals surface area contributed by atoms with Crippen molar-refractivity contribution in [2.75, 3.05) is 25.0 Å². The van der Waals surface area contributed by atoms with Crippen LogP contribution in [0.2, 0.25) is 0 Å². The third kappa shape index (κ3) is 5.12. The Hall–Kier alpha value is -3.46. The number of benzene rings is 1. The second kappa shape index (κ2) is 10.7. The molecule has 0 radical (unpaired) electrons. The third-order valence-corrected chi connectivity index (χ3v) is 7.80. The van der Waals surface area contributed by atoms with E-state index in [2.05, 4.69) is 50.1 Å². The molecule has 1 saturated heterocycles. The molecule has 3 aromatic heterocycles. The fourth-order valence-corrected chi connectivity index (χ4v) is 5.59. The Morgan fingerprint density at radius 1 is 1.00 bits per heavy atom. The zero-order valence-electron chi connectivity index (χ0n) is 22.7. The molecule has 1 aromatic carbocycles. The predicted octanol–water partition coefficient (Wildman–Crippen LogP) is 6.63. The van der Waals surface area contributed by atoms with Crippen LogP contribution in [0.5, 0.6) is 0 Å². The summed E-state index contributed by atoms with van der Waals surface area (Å²) < 4.78 is 31.7. The summed E-state index contributed by atoms with van der Waals surface area (Å²) in [7, 11) is 0. The SMILES string of the molecule is CCN1CCC([C@@H](C)c2ccc(Nc3ncc(F)c(-c4cc(F)c5nc(C)n(C(C)C)c5c4)n3)nc2)CC1. The summed E-state index contributed by atoms with van der Waals surface area (Å²) in [6.45, 7) is 13.7. The summed E-state index contributed by atoms with van der Waals surface area (Å²) in [4.78, 5) is 19.9. The number of nitrogens with one attached hydrogen (secondary N) is 1. The number of pyridine rings is 1. The molecule has 0 bridgehead atoms. The Labute approximate surface area is 222 Å². The molecular weight excluding hydrogens is 484 g/mol. The number of likely N-dealkylation sites (tertiary alicyclic amines) is 1. The summed E-state index contributed by atoms with van der Waals surface area (Å²) in [5.74, 6) is 1.39. The maximum atomic E-state index is 15.0. The summed E-state index contributed by atoms with van der Waals surface area (Å²) in [6, 6.07) is 7.05. The Kier molecular flexibility index (Phi) is 7.38. The van der Waals surface area contributed by atoms with Gasteiger partial charge in [0.1, 0.15) is 22.9 Å². The molecule has 1 atom stereocenters. The molecule has 7 nitrogen and oxygen atoms in total. The van der Waals surface area contributed by atoms with E-state index in [4.69, 9.17) is 0 Å². The van der Waals surface area contributed by atoms with Crippen molar-refractivity contribution in [3.8, 4) is 11.3 Å². The van der Waals surface area contributed by atoms with Crippen LogP contribution in [0.4, 0.5) is 20.5 Å². The van der Waals surface area contributed by atoms with Crippen molar-refractivity contribution in [2.24, 2.45) is 5.92 Å². The molecule has 1 N–H and O–H groups in total. The molecule has 1 aliphatic rings. The van der Waals surface area contributed by atoms with Gasteiger partial charge in [-0.2, -0.15) is 0 Å². The van der Waals surface area contributed by atoms with Crippen LogP contribution in [-0.2, 0) is 0 Å². The van der Waals surface area contributed by atoms with Gasteiger partial charge < -0.3 is 14.8 Å². The number of aromatic nitrogens is 5. The van der Waals surface area contributed by atoms with E-state index in [1.165, 1.54) is 24.5 Å². The van der Waals surface area contributed by atoms with Crippen LogP contribution in [-0.4, -0.2) is 49.0 Å². The summed E-state index contributed by atoms with van der Waals surface area (Å²) >= 11 is 0. The van der Waals surface area contributed by atoms with Crippen molar-refractivity contribution in [2.45, 2.75) is 59.4 Å². The number of hydrogen-bond acceptors (Lipinski definition) is 6. The smallest absolute Gasteiger partial charge is 0.229 e. The average Bonchev–Trinajstić information content (AvgIpc) is 3.26. The first-order valence-corrected chi connectivity index (χ1v) is 13.4. The maximum Gasteiger partial charge on any atom is 0.229 e. The molecule has 4 heterocycles. The van der Waals surface area contributed by atoms with E-state index in [0.717, 1.165) is 25.8 Å². The van der Waals surface area contributed by atoms with Gasteiger partial charge in [0.15, 0.2) is 11.6 Å². The number of rotatable bonds is 7. The first-order chi connectivity index (χ1) is 18.2. The van der Waals surface area contributed by atoms with Gasteiger partial charge in [-0.3, -0.25) is 0 Å². The summed E-state index contributed by atoms with van der Waals surface area (Å²) in [5, 5.41) is 3.07. The number of halogens is 2. The van der Waals surface area contributed by atoms with E-state index < -0.39 is 11.6 Å². The minimum absolute atomic E-state index is 0.0149. The largest absolute Gasteiger partial charge is 0.326 e. The Morgan fingerprint density at radius 3 is 2.42 bits per heavy atom. The van der Waals surface area contributed by atoms with Crippen LogP contribution < -0.4 is 5.32 Å². The van der Waals surface area contributed by atoms with Gasteiger partial charge in [0, 0.05) is 17.8 Å². The first-order valence-electron chi connectivity index (χ1n) is 13.4. The highest BCUT2D eigenvalue weighted by molar-refractivity contribution is 5.83. The van der Waals surface area contributed by atoms with E-state index >= 15 is 0 Å². The molecule has 0 spiro atoms. The zero-order valence-corrected chi connectivity index (χ0v) is 22.7. The van der Waals surface area contributed by atoms with Crippen molar-refractivity contribution in [3.05, 3.63) is 59.7 Å². The number of nitrogens with zero attached hydrogens (tertiary/aromatic N) is 6. The first kappa shape index (κ1) is 26.2. The van der Waals surface area contributed by atoms with E-state index in [-0.39, 0.29) is 23.2 Å². The van der Waals surface area contributed by atoms with Gasteiger partial charge in [-0.1, -0.05) is 19.9 Å². The molecule has 9 heteroatoms. The molecular formula is C29H35F2N7. The molecule has 4 aromatic rings. The van der Waals surface area contributed by atoms with E-state index in [9.17, 15) is 8.78 Å². The van der Waals surface area contributed by atoms with E-state index in [0.29, 0.717) is 34.6 Å². The normalized spacial score (nSPS) is 15.9. The van der Waals surface area contributed by atoms with Gasteiger partial charge in [-0.05, 0) is 88.8 Å². The quantitative estimate of drug-likeness (QED) is 0.295. The van der Waals surface area contributed by atoms with Gasteiger partial charge >= 0.3 is 0 Å². The van der Waals surface area contributed by atoms with Crippen LogP contribution >= 0.6 is 0 Å². The van der Waals surface area contributed by atoms with Gasteiger partial charge in [0.05, 0.1) is 11.7 Å². The molecule has 1 fully saturated rings. The fourth-order valence-electron chi connectivity index (χ4n) is 5.59. The molecule has 0 aliphatic carbocycles. The molecule has 0 saturated carbocycles. The lowest BCUT2D eigenvalue weighted by Gasteiger charge is -2.34. The lowest BCUT2D eigenvalue weighted by molar-refractivity contribution is 0.178. The Balaban J connectivity index is 1.37. The second-order valence-electron chi connectivity index (χ2n) is 10.5. The monoisotopic (exact) mass is 519 g/mol. The highest BCUT2D eigenvalue weighted by Crippen LogP contribution is 2.33. The standard InChI is InChI=1S/C29H35F2N7/c1-6-37-11-9-20(10-12-37)18(4)21-7-8-26(32-15-21)35-29-33-16-24(31)27(36-29)22-13-23(30)28-25(14-22)38(17(2)3)19(5)34-28/h7-8,13-18,20H,6,9-12H2,1-5H3,(H,32,33,35,36)/t18-/m1/s1. The van der Waals surface area contributed by atoms with Crippen LogP contribution in [0.3, 0.4) is 0 Å². The van der Waals surface area contributed by atoms with Crippen LogP contribution in [0.25, 0.3) is 22.3 Å². The van der Waals surface area contributed by atoms with Crippen molar-refractivity contribution >= 4 is 22.8 Å². The number of anilines is 2. The summed E-state index contributed by atoms with van der Waals surface area (Å²) in [6.07, 6.45) is 5.38.